The van der Waals surface area contributed by atoms with Gasteiger partial charge in [-0.1, -0.05) is 30.0 Å². The highest BCUT2D eigenvalue weighted by molar-refractivity contribution is 8.14. The number of ether oxygens (including phenoxy) is 1. The van der Waals surface area contributed by atoms with E-state index >= 15 is 0 Å². The molecule has 8 heteroatoms. The quantitative estimate of drug-likeness (QED) is 0.562. The second-order valence-corrected chi connectivity index (χ2v) is 7.47. The van der Waals surface area contributed by atoms with Crippen LogP contribution in [0.15, 0.2) is 71.8 Å². The summed E-state index contributed by atoms with van der Waals surface area (Å²) in [6.45, 7) is 0. The summed E-state index contributed by atoms with van der Waals surface area (Å²) in [7, 11) is 1.52. The molecule has 0 saturated carbocycles. The number of carbonyl (C=O) groups is 1. The molecular weight excluding hydrogens is 413 g/mol. The van der Waals surface area contributed by atoms with Gasteiger partial charge < -0.3 is 4.74 Å². The van der Waals surface area contributed by atoms with Crippen molar-refractivity contribution in [2.75, 3.05) is 7.11 Å². The fraction of sp³-hybridized carbons (Fsp3) is 0.0909. The Morgan fingerprint density at radius 1 is 1.00 bits per heavy atom. The number of halogens is 3. The summed E-state index contributed by atoms with van der Waals surface area (Å²) in [6.07, 6.45) is 0. The maximum absolute atomic E-state index is 13.7. The van der Waals surface area contributed by atoms with Crippen molar-refractivity contribution in [2.45, 2.75) is 5.37 Å². The van der Waals surface area contributed by atoms with Gasteiger partial charge in [-0.3, -0.25) is 4.79 Å². The largest absolute Gasteiger partial charge is 0.496 e. The summed E-state index contributed by atoms with van der Waals surface area (Å²) in [6, 6.07) is 15.8. The van der Waals surface area contributed by atoms with Crippen molar-refractivity contribution in [2.24, 2.45) is 5.10 Å². The van der Waals surface area contributed by atoms with Gasteiger partial charge in [-0.05, 0) is 48.5 Å². The van der Waals surface area contributed by atoms with Crippen LogP contribution < -0.4 is 4.74 Å². The van der Waals surface area contributed by atoms with E-state index in [9.17, 15) is 18.0 Å². The lowest BCUT2D eigenvalue weighted by Gasteiger charge is -2.22. The normalized spacial score (nSPS) is 15.8. The minimum absolute atomic E-state index is 0.0431. The van der Waals surface area contributed by atoms with E-state index in [0.717, 1.165) is 12.1 Å². The molecular formula is C22H15F3N2O2S. The standard InChI is InChI=1S/C22H15F3N2O2S/c1-29-19-5-3-2-4-16(19)22-27(21(28)14-8-11-17(24)18(25)12-14)26-20(30-22)13-6-9-15(23)10-7-13/h2-12,22H,1H3. The number of rotatable bonds is 4. The smallest absolute Gasteiger partial charge is 0.275 e. The zero-order valence-corrected chi connectivity index (χ0v) is 16.5. The van der Waals surface area contributed by atoms with E-state index in [1.807, 2.05) is 0 Å². The van der Waals surface area contributed by atoms with Crippen LogP contribution in [0.3, 0.4) is 0 Å². The Bertz CT molecular complexity index is 1140. The molecule has 30 heavy (non-hydrogen) atoms. The molecule has 1 unspecified atom stereocenters. The molecule has 4 rings (SSSR count). The zero-order valence-electron chi connectivity index (χ0n) is 15.7. The van der Waals surface area contributed by atoms with E-state index in [2.05, 4.69) is 5.10 Å². The molecule has 0 aromatic heterocycles. The molecule has 1 aliphatic rings. The average molecular weight is 428 g/mol. The number of carbonyl (C=O) groups excluding carboxylic acids is 1. The minimum atomic E-state index is -1.12. The number of nitrogens with zero attached hydrogens (tertiary/aromatic N) is 2. The van der Waals surface area contributed by atoms with Gasteiger partial charge in [0.05, 0.1) is 7.11 Å². The molecule has 0 N–H and O–H groups in total. The molecule has 1 atom stereocenters. The lowest BCUT2D eigenvalue weighted by atomic mass is 10.1. The third-order valence-electron chi connectivity index (χ3n) is 4.51. The number of benzene rings is 3. The van der Waals surface area contributed by atoms with Gasteiger partial charge in [-0.2, -0.15) is 5.10 Å². The lowest BCUT2D eigenvalue weighted by Crippen LogP contribution is -2.26. The number of hydrogen-bond donors (Lipinski definition) is 0. The van der Waals surface area contributed by atoms with Gasteiger partial charge in [0.25, 0.3) is 5.91 Å². The number of hydrogen-bond acceptors (Lipinski definition) is 4. The third-order valence-corrected chi connectivity index (χ3v) is 5.73. The predicted octanol–water partition coefficient (Wildman–Crippen LogP) is 5.36. The summed E-state index contributed by atoms with van der Waals surface area (Å²) < 4.78 is 45.8. The van der Waals surface area contributed by atoms with Crippen LogP contribution in [-0.2, 0) is 0 Å². The first-order valence-electron chi connectivity index (χ1n) is 8.90. The summed E-state index contributed by atoms with van der Waals surface area (Å²) >= 11 is 1.28. The molecule has 0 saturated heterocycles. The molecule has 0 bridgehead atoms. The summed E-state index contributed by atoms with van der Waals surface area (Å²) in [5.41, 5.74) is 1.27. The summed E-state index contributed by atoms with van der Waals surface area (Å²) in [5.74, 6) is -2.61. The number of amides is 1. The highest BCUT2D eigenvalue weighted by Gasteiger charge is 2.36. The Morgan fingerprint density at radius 3 is 2.43 bits per heavy atom. The van der Waals surface area contributed by atoms with Crippen LogP contribution in [0.1, 0.15) is 26.9 Å². The molecule has 0 aliphatic carbocycles. The van der Waals surface area contributed by atoms with Crippen molar-refractivity contribution in [3.05, 3.63) is 101 Å². The van der Waals surface area contributed by atoms with Gasteiger partial charge in [0.1, 0.15) is 22.0 Å². The van der Waals surface area contributed by atoms with E-state index < -0.39 is 28.7 Å². The van der Waals surface area contributed by atoms with Gasteiger partial charge in [0.15, 0.2) is 11.6 Å². The highest BCUT2D eigenvalue weighted by atomic mass is 32.2. The number of hydrazone groups is 1. The molecule has 0 radical (unpaired) electrons. The first kappa shape index (κ1) is 20.0. The second-order valence-electron chi connectivity index (χ2n) is 6.40. The molecule has 3 aromatic rings. The summed E-state index contributed by atoms with van der Waals surface area (Å²) in [4.78, 5) is 13.1. The van der Waals surface area contributed by atoms with Crippen LogP contribution in [0, 0.1) is 17.5 Å². The average Bonchev–Trinajstić information content (AvgIpc) is 3.20. The molecule has 0 fully saturated rings. The topological polar surface area (TPSA) is 41.9 Å². The maximum atomic E-state index is 13.7. The van der Waals surface area contributed by atoms with E-state index in [4.69, 9.17) is 4.74 Å². The SMILES string of the molecule is COc1ccccc1C1SC(c2ccc(F)cc2)=NN1C(=O)c1ccc(F)c(F)c1. The molecule has 1 amide bonds. The molecule has 152 valence electrons. The first-order valence-corrected chi connectivity index (χ1v) is 9.78. The minimum Gasteiger partial charge on any atom is -0.496 e. The first-order chi connectivity index (χ1) is 14.5. The van der Waals surface area contributed by atoms with Gasteiger partial charge in [0, 0.05) is 16.7 Å². The number of methoxy groups -OCH3 is 1. The van der Waals surface area contributed by atoms with Crippen LogP contribution in [0.2, 0.25) is 0 Å². The maximum Gasteiger partial charge on any atom is 0.275 e. The van der Waals surface area contributed by atoms with Crippen LogP contribution in [-0.4, -0.2) is 23.1 Å². The van der Waals surface area contributed by atoms with Crippen molar-refractivity contribution >= 4 is 22.7 Å². The van der Waals surface area contributed by atoms with E-state index in [-0.39, 0.29) is 5.56 Å². The molecule has 1 heterocycles. The molecule has 4 nitrogen and oxygen atoms in total. The lowest BCUT2D eigenvalue weighted by molar-refractivity contribution is 0.0747. The fourth-order valence-corrected chi connectivity index (χ4v) is 4.21. The Balaban J connectivity index is 1.77. The van der Waals surface area contributed by atoms with E-state index in [1.165, 1.54) is 42.1 Å². The Morgan fingerprint density at radius 2 is 1.73 bits per heavy atom. The fourth-order valence-electron chi connectivity index (χ4n) is 3.03. The van der Waals surface area contributed by atoms with Crippen LogP contribution >= 0.6 is 11.8 Å². The van der Waals surface area contributed by atoms with Gasteiger partial charge in [-0.15, -0.1) is 0 Å². The van der Waals surface area contributed by atoms with Crippen LogP contribution in [0.5, 0.6) is 5.75 Å². The second kappa shape index (κ2) is 8.23. The van der Waals surface area contributed by atoms with Crippen molar-refractivity contribution < 1.29 is 22.7 Å². The highest BCUT2D eigenvalue weighted by Crippen LogP contribution is 2.45. The van der Waals surface area contributed by atoms with Crippen molar-refractivity contribution in [1.82, 2.24) is 5.01 Å². The third kappa shape index (κ3) is 3.78. The van der Waals surface area contributed by atoms with E-state index in [1.54, 1.807) is 36.4 Å². The Labute approximate surface area is 175 Å². The Kier molecular flexibility index (Phi) is 5.50. The molecule has 3 aromatic carbocycles. The monoisotopic (exact) mass is 428 g/mol. The molecule has 1 aliphatic heterocycles. The van der Waals surface area contributed by atoms with Crippen LogP contribution in [0.25, 0.3) is 0 Å². The predicted molar refractivity (Wildman–Crippen MR) is 109 cm³/mol. The van der Waals surface area contributed by atoms with Gasteiger partial charge in [0.2, 0.25) is 0 Å². The van der Waals surface area contributed by atoms with Crippen molar-refractivity contribution in [3.8, 4) is 5.75 Å². The van der Waals surface area contributed by atoms with Gasteiger partial charge in [-0.25, -0.2) is 18.2 Å². The number of para-hydroxylation sites is 1. The number of thioether (sulfide) groups is 1. The van der Waals surface area contributed by atoms with Crippen molar-refractivity contribution in [3.63, 3.8) is 0 Å². The zero-order chi connectivity index (χ0) is 21.3. The van der Waals surface area contributed by atoms with E-state index in [0.29, 0.717) is 21.9 Å². The summed E-state index contributed by atoms with van der Waals surface area (Å²) in [5, 5.41) is 5.50. The molecule has 0 spiro atoms. The van der Waals surface area contributed by atoms with Crippen LogP contribution in [0.4, 0.5) is 13.2 Å². The Hall–Kier alpha value is -3.26. The van der Waals surface area contributed by atoms with Gasteiger partial charge >= 0.3 is 0 Å². The van der Waals surface area contributed by atoms with Crippen molar-refractivity contribution in [1.29, 1.82) is 0 Å².